The minimum atomic E-state index is -0.448. The molecule has 0 aliphatic heterocycles. The van der Waals surface area contributed by atoms with E-state index in [0.29, 0.717) is 6.54 Å². The van der Waals surface area contributed by atoms with Gasteiger partial charge in [-0.2, -0.15) is 0 Å². The quantitative estimate of drug-likeness (QED) is 0.768. The van der Waals surface area contributed by atoms with Crippen LogP contribution >= 0.6 is 0 Å². The Morgan fingerprint density at radius 2 is 1.83 bits per heavy atom. The maximum absolute atomic E-state index is 11.8. The molecule has 5 heteroatoms. The topological polar surface area (TPSA) is 70.2 Å². The number of benzene rings is 2. The fourth-order valence-electron chi connectivity index (χ4n) is 2.44. The Bertz CT molecular complexity index is 680. The highest BCUT2D eigenvalue weighted by atomic mass is 16.2. The lowest BCUT2D eigenvalue weighted by Crippen LogP contribution is -2.43. The highest BCUT2D eigenvalue weighted by molar-refractivity contribution is 5.95. The van der Waals surface area contributed by atoms with Gasteiger partial charge in [0.25, 0.3) is 0 Å². The smallest absolute Gasteiger partial charge is 0.321 e. The normalized spacial score (nSPS) is 11.9. The first-order valence-electron chi connectivity index (χ1n) is 7.90. The van der Waals surface area contributed by atoms with E-state index in [0.717, 1.165) is 17.4 Å². The molecule has 2 aromatic carbocycles. The van der Waals surface area contributed by atoms with Crippen molar-refractivity contribution in [2.24, 2.45) is 0 Å². The van der Waals surface area contributed by atoms with Crippen LogP contribution in [0.1, 0.15) is 31.9 Å². The van der Waals surface area contributed by atoms with Crippen molar-refractivity contribution in [1.29, 1.82) is 0 Å². The Morgan fingerprint density at radius 1 is 1.09 bits per heavy atom. The average molecular weight is 313 g/mol. The molecule has 0 fully saturated rings. The number of rotatable bonds is 6. The summed E-state index contributed by atoms with van der Waals surface area (Å²) in [6, 6.07) is 13.8. The first-order chi connectivity index (χ1) is 11.1. The predicted octanol–water partition coefficient (Wildman–Crippen LogP) is 2.73. The third-order valence-corrected chi connectivity index (χ3v) is 3.65. The molecule has 5 nitrogen and oxygen atoms in total. The largest absolute Gasteiger partial charge is 0.338 e. The molecule has 122 valence electrons. The summed E-state index contributed by atoms with van der Waals surface area (Å²) < 4.78 is 0. The van der Waals surface area contributed by atoms with E-state index in [9.17, 15) is 9.59 Å². The van der Waals surface area contributed by atoms with E-state index in [1.54, 1.807) is 0 Å². The molecule has 0 aliphatic carbocycles. The van der Waals surface area contributed by atoms with Crippen LogP contribution in [0.5, 0.6) is 0 Å². The molecule has 0 saturated heterocycles. The molecule has 2 rings (SSSR count). The van der Waals surface area contributed by atoms with Crippen molar-refractivity contribution in [3.05, 3.63) is 48.0 Å². The molecule has 0 radical (unpaired) electrons. The summed E-state index contributed by atoms with van der Waals surface area (Å²) >= 11 is 0. The Kier molecular flexibility index (Phi) is 6.11. The second kappa shape index (κ2) is 8.29. The Balaban J connectivity index is 1.92. The number of nitrogens with one attached hydrogen (secondary N) is 3. The molecule has 0 aliphatic rings. The molecule has 0 bridgehead atoms. The van der Waals surface area contributed by atoms with E-state index in [-0.39, 0.29) is 18.5 Å². The van der Waals surface area contributed by atoms with E-state index in [1.807, 2.05) is 38.1 Å². The van der Waals surface area contributed by atoms with Gasteiger partial charge in [-0.25, -0.2) is 4.79 Å². The van der Waals surface area contributed by atoms with Gasteiger partial charge in [0.05, 0.1) is 6.54 Å². The molecule has 1 atom stereocenters. The van der Waals surface area contributed by atoms with Crippen molar-refractivity contribution in [3.8, 4) is 0 Å². The van der Waals surface area contributed by atoms with Crippen LogP contribution in [0, 0.1) is 0 Å². The van der Waals surface area contributed by atoms with Crippen LogP contribution in [-0.4, -0.2) is 25.0 Å². The number of urea groups is 1. The molecule has 0 spiro atoms. The Hall–Kier alpha value is -2.40. The zero-order chi connectivity index (χ0) is 16.7. The third kappa shape index (κ3) is 4.79. The lowest BCUT2D eigenvalue weighted by molar-refractivity contribution is -0.119. The second-order valence-corrected chi connectivity index (χ2v) is 5.48. The lowest BCUT2D eigenvalue weighted by Gasteiger charge is -2.16. The maximum atomic E-state index is 11.8. The molecule has 2 aromatic rings. The van der Waals surface area contributed by atoms with Gasteiger partial charge in [-0.3, -0.25) is 10.1 Å². The van der Waals surface area contributed by atoms with Gasteiger partial charge >= 0.3 is 6.03 Å². The summed E-state index contributed by atoms with van der Waals surface area (Å²) in [6.45, 7) is 4.60. The van der Waals surface area contributed by atoms with E-state index >= 15 is 0 Å². The minimum Gasteiger partial charge on any atom is -0.338 e. The monoisotopic (exact) mass is 313 g/mol. The number of carbonyl (C=O) groups is 2. The van der Waals surface area contributed by atoms with E-state index < -0.39 is 6.03 Å². The van der Waals surface area contributed by atoms with Crippen molar-refractivity contribution in [2.45, 2.75) is 26.3 Å². The summed E-state index contributed by atoms with van der Waals surface area (Å²) in [4.78, 5) is 23.2. The first kappa shape index (κ1) is 17.0. The highest BCUT2D eigenvalue weighted by Crippen LogP contribution is 2.23. The summed E-state index contributed by atoms with van der Waals surface area (Å²) in [7, 11) is 0. The Labute approximate surface area is 136 Å². The van der Waals surface area contributed by atoms with E-state index in [2.05, 4.69) is 34.1 Å². The highest BCUT2D eigenvalue weighted by Gasteiger charge is 2.12. The van der Waals surface area contributed by atoms with Crippen molar-refractivity contribution in [3.63, 3.8) is 0 Å². The van der Waals surface area contributed by atoms with Crippen molar-refractivity contribution in [1.82, 2.24) is 16.0 Å². The number of amides is 3. The van der Waals surface area contributed by atoms with Gasteiger partial charge in [-0.05, 0) is 29.7 Å². The number of hydrogen-bond acceptors (Lipinski definition) is 3. The van der Waals surface area contributed by atoms with Gasteiger partial charge in [0.2, 0.25) is 5.91 Å². The zero-order valence-electron chi connectivity index (χ0n) is 13.6. The van der Waals surface area contributed by atoms with Crippen LogP contribution in [-0.2, 0) is 4.79 Å². The fourth-order valence-corrected chi connectivity index (χ4v) is 2.44. The van der Waals surface area contributed by atoms with Crippen LogP contribution < -0.4 is 16.0 Å². The standard InChI is InChI=1S/C18H23N3O2/c1-3-11-19-18(23)21-17(22)12-20-13(2)15-10-6-8-14-7-4-5-9-16(14)15/h4-10,13,20H,3,11-12H2,1-2H3,(H2,19,21,22,23)/t13-/m0/s1. The molecule has 0 unspecified atom stereocenters. The number of fused-ring (bicyclic) bond motifs is 1. The third-order valence-electron chi connectivity index (χ3n) is 3.65. The fraction of sp³-hybridized carbons (Fsp3) is 0.333. The van der Waals surface area contributed by atoms with Crippen LogP contribution in [0.2, 0.25) is 0 Å². The number of hydrogen-bond donors (Lipinski definition) is 3. The number of imide groups is 1. The van der Waals surface area contributed by atoms with E-state index in [1.165, 1.54) is 5.39 Å². The zero-order valence-corrected chi connectivity index (χ0v) is 13.6. The lowest BCUT2D eigenvalue weighted by atomic mass is 10.00. The maximum Gasteiger partial charge on any atom is 0.321 e. The van der Waals surface area contributed by atoms with Gasteiger partial charge in [-0.15, -0.1) is 0 Å². The van der Waals surface area contributed by atoms with E-state index in [4.69, 9.17) is 0 Å². The summed E-state index contributed by atoms with van der Waals surface area (Å²) in [5.41, 5.74) is 1.13. The van der Waals surface area contributed by atoms with Gasteiger partial charge in [0.15, 0.2) is 0 Å². The van der Waals surface area contributed by atoms with Crippen LogP contribution in [0.3, 0.4) is 0 Å². The van der Waals surface area contributed by atoms with Crippen molar-refractivity contribution < 1.29 is 9.59 Å². The minimum absolute atomic E-state index is 0.00514. The molecule has 3 N–H and O–H groups in total. The van der Waals surface area contributed by atoms with Crippen LogP contribution in [0.4, 0.5) is 4.79 Å². The molecular weight excluding hydrogens is 290 g/mol. The molecule has 0 saturated carbocycles. The Morgan fingerprint density at radius 3 is 2.61 bits per heavy atom. The molecule has 0 aromatic heterocycles. The summed E-state index contributed by atoms with van der Waals surface area (Å²) in [5.74, 6) is -0.342. The molecule has 0 heterocycles. The van der Waals surface area contributed by atoms with Gasteiger partial charge in [0.1, 0.15) is 0 Å². The van der Waals surface area contributed by atoms with Gasteiger partial charge < -0.3 is 10.6 Å². The van der Waals surface area contributed by atoms with Crippen LogP contribution in [0.15, 0.2) is 42.5 Å². The first-order valence-corrected chi connectivity index (χ1v) is 7.90. The van der Waals surface area contributed by atoms with Crippen molar-refractivity contribution >= 4 is 22.7 Å². The van der Waals surface area contributed by atoms with Gasteiger partial charge in [0, 0.05) is 12.6 Å². The number of carbonyl (C=O) groups excluding carboxylic acids is 2. The van der Waals surface area contributed by atoms with Crippen molar-refractivity contribution in [2.75, 3.05) is 13.1 Å². The van der Waals surface area contributed by atoms with Gasteiger partial charge in [-0.1, -0.05) is 49.4 Å². The predicted molar refractivity (Wildman–Crippen MR) is 92.2 cm³/mol. The van der Waals surface area contributed by atoms with Crippen LogP contribution in [0.25, 0.3) is 10.8 Å². The molecular formula is C18H23N3O2. The SMILES string of the molecule is CCCNC(=O)NC(=O)CN[C@@H](C)c1cccc2ccccc12. The summed E-state index contributed by atoms with van der Waals surface area (Å²) in [6.07, 6.45) is 0.831. The molecule has 23 heavy (non-hydrogen) atoms. The second-order valence-electron chi connectivity index (χ2n) is 5.48. The molecule has 3 amide bonds. The average Bonchev–Trinajstić information content (AvgIpc) is 2.57. The summed E-state index contributed by atoms with van der Waals surface area (Å²) in [5, 5.41) is 10.4.